The molecule has 1 N–H and O–H groups in total. The van der Waals surface area contributed by atoms with Gasteiger partial charge >= 0.3 is 0 Å². The van der Waals surface area contributed by atoms with Crippen molar-refractivity contribution in [3.8, 4) is 0 Å². The molecule has 5 nitrogen and oxygen atoms in total. The van der Waals surface area contributed by atoms with E-state index in [-0.39, 0.29) is 24.2 Å². The number of alkyl halides is 2. The molecule has 0 saturated carbocycles. The van der Waals surface area contributed by atoms with Gasteiger partial charge in [-0.05, 0) is 42.1 Å². The topological polar surface area (TPSA) is 65.5 Å². The third-order valence-electron chi connectivity index (χ3n) is 5.41. The van der Waals surface area contributed by atoms with Crippen LogP contribution in [0.2, 0.25) is 0 Å². The van der Waals surface area contributed by atoms with Crippen molar-refractivity contribution in [3.05, 3.63) is 65.9 Å². The van der Waals surface area contributed by atoms with E-state index in [0.717, 1.165) is 10.9 Å². The van der Waals surface area contributed by atoms with Crippen LogP contribution in [0.4, 0.5) is 14.5 Å². The van der Waals surface area contributed by atoms with Crippen molar-refractivity contribution in [3.63, 3.8) is 0 Å². The number of anilines is 1. The molecule has 1 aliphatic heterocycles. The summed E-state index contributed by atoms with van der Waals surface area (Å²) in [5, 5.41) is 6.53. The molecule has 0 radical (unpaired) electrons. The number of halogens is 2. The summed E-state index contributed by atoms with van der Waals surface area (Å²) in [6.07, 6.45) is 1.37. The predicted molar refractivity (Wildman–Crippen MR) is 112 cm³/mol. The van der Waals surface area contributed by atoms with Gasteiger partial charge in [-0.25, -0.2) is 8.78 Å². The Morgan fingerprint density at radius 3 is 2.77 bits per heavy atom. The number of H-pyrrole nitrogens is 1. The van der Waals surface area contributed by atoms with Crippen molar-refractivity contribution in [2.45, 2.75) is 32.6 Å². The van der Waals surface area contributed by atoms with Crippen LogP contribution >= 0.6 is 0 Å². The Kier molecular flexibility index (Phi) is 4.97. The van der Waals surface area contributed by atoms with Crippen LogP contribution in [-0.2, 0) is 21.9 Å². The van der Waals surface area contributed by atoms with Gasteiger partial charge in [0.05, 0.1) is 11.4 Å². The molecule has 1 atom stereocenters. The molecule has 0 aliphatic carbocycles. The maximum absolute atomic E-state index is 14.0. The fraction of sp³-hybridized carbons (Fsp3) is 0.261. The summed E-state index contributed by atoms with van der Waals surface area (Å²) >= 11 is 0. The number of Topliss-reactive ketones (excluding diaryl/α,β-unsaturated/α-hetero) is 1. The summed E-state index contributed by atoms with van der Waals surface area (Å²) in [5.41, 5.74) is 2.15. The number of amides is 1. The van der Waals surface area contributed by atoms with Gasteiger partial charge < -0.3 is 4.98 Å². The SMILES string of the molecule is CCC(F)(F)c1cccc(CC(=O)C2C(=O)N(c3ccc4cc[nH]c4c3)N=C2C)c1. The molecular weight excluding hydrogens is 388 g/mol. The van der Waals surface area contributed by atoms with Gasteiger partial charge in [0.15, 0.2) is 5.78 Å². The molecule has 2 aromatic carbocycles. The van der Waals surface area contributed by atoms with Crippen LogP contribution in [0.1, 0.15) is 31.4 Å². The van der Waals surface area contributed by atoms with E-state index >= 15 is 0 Å². The Hall–Kier alpha value is -3.35. The second kappa shape index (κ2) is 7.48. The molecule has 1 aliphatic rings. The molecule has 7 heteroatoms. The molecule has 3 aromatic rings. The summed E-state index contributed by atoms with van der Waals surface area (Å²) in [6.45, 7) is 3.04. The lowest BCUT2D eigenvalue weighted by molar-refractivity contribution is -0.128. The number of ketones is 1. The number of rotatable bonds is 6. The number of benzene rings is 2. The third kappa shape index (κ3) is 3.51. The van der Waals surface area contributed by atoms with Gasteiger partial charge in [-0.15, -0.1) is 0 Å². The molecule has 0 saturated heterocycles. The highest BCUT2D eigenvalue weighted by molar-refractivity contribution is 6.27. The first kappa shape index (κ1) is 19.9. The molecule has 0 spiro atoms. The van der Waals surface area contributed by atoms with Gasteiger partial charge in [-0.2, -0.15) is 10.1 Å². The highest BCUT2D eigenvalue weighted by atomic mass is 19.3. The van der Waals surface area contributed by atoms with E-state index in [9.17, 15) is 18.4 Å². The quantitative estimate of drug-likeness (QED) is 0.593. The Morgan fingerprint density at radius 2 is 2.00 bits per heavy atom. The number of nitrogens with one attached hydrogen (secondary N) is 1. The molecule has 4 rings (SSSR count). The van der Waals surface area contributed by atoms with Crippen molar-refractivity contribution >= 4 is 34.0 Å². The predicted octanol–water partition coefficient (Wildman–Crippen LogP) is 4.82. The maximum atomic E-state index is 14.0. The normalized spacial score (nSPS) is 16.9. The number of carbonyl (C=O) groups is 2. The van der Waals surface area contributed by atoms with Crippen LogP contribution in [0, 0.1) is 5.92 Å². The largest absolute Gasteiger partial charge is 0.361 e. The minimum atomic E-state index is -2.95. The van der Waals surface area contributed by atoms with E-state index in [0.29, 0.717) is 17.0 Å². The number of carbonyl (C=O) groups excluding carboxylic acids is 2. The van der Waals surface area contributed by atoms with Gasteiger partial charge in [-0.1, -0.05) is 31.2 Å². The minimum absolute atomic E-state index is 0.111. The molecular formula is C23H21F2N3O2. The Balaban J connectivity index is 1.55. The summed E-state index contributed by atoms with van der Waals surface area (Å²) in [5.74, 6) is -4.76. The summed E-state index contributed by atoms with van der Waals surface area (Å²) in [6, 6.07) is 13.2. The lowest BCUT2D eigenvalue weighted by Crippen LogP contribution is -2.33. The van der Waals surface area contributed by atoms with Crippen molar-refractivity contribution in [2.24, 2.45) is 11.0 Å². The Morgan fingerprint density at radius 1 is 1.20 bits per heavy atom. The summed E-state index contributed by atoms with van der Waals surface area (Å²) < 4.78 is 28.0. The van der Waals surface area contributed by atoms with Gasteiger partial charge in [0, 0.05) is 30.1 Å². The van der Waals surface area contributed by atoms with E-state index in [2.05, 4.69) is 10.1 Å². The summed E-state index contributed by atoms with van der Waals surface area (Å²) in [7, 11) is 0. The lowest BCUT2D eigenvalue weighted by Gasteiger charge is -2.16. The molecule has 30 heavy (non-hydrogen) atoms. The zero-order chi connectivity index (χ0) is 21.5. The zero-order valence-electron chi connectivity index (χ0n) is 16.7. The molecule has 1 aromatic heterocycles. The smallest absolute Gasteiger partial charge is 0.273 e. The van der Waals surface area contributed by atoms with E-state index in [1.165, 1.54) is 30.1 Å². The van der Waals surface area contributed by atoms with E-state index < -0.39 is 17.7 Å². The first-order valence-corrected chi connectivity index (χ1v) is 9.76. The molecule has 154 valence electrons. The maximum Gasteiger partial charge on any atom is 0.273 e. The van der Waals surface area contributed by atoms with Crippen molar-refractivity contribution in [1.82, 2.24) is 4.98 Å². The molecule has 1 unspecified atom stereocenters. The Bertz CT molecular complexity index is 1170. The first-order chi connectivity index (χ1) is 14.3. The number of aromatic nitrogens is 1. The third-order valence-corrected chi connectivity index (χ3v) is 5.41. The number of hydrazone groups is 1. The fourth-order valence-corrected chi connectivity index (χ4v) is 3.71. The minimum Gasteiger partial charge on any atom is -0.361 e. The van der Waals surface area contributed by atoms with Crippen molar-refractivity contribution in [2.75, 3.05) is 5.01 Å². The number of aromatic amines is 1. The zero-order valence-corrected chi connectivity index (χ0v) is 16.7. The van der Waals surface area contributed by atoms with Gasteiger partial charge in [0.25, 0.3) is 11.8 Å². The van der Waals surface area contributed by atoms with Gasteiger partial charge in [-0.3, -0.25) is 9.59 Å². The van der Waals surface area contributed by atoms with Crippen molar-refractivity contribution < 1.29 is 18.4 Å². The van der Waals surface area contributed by atoms with Crippen LogP contribution in [0.15, 0.2) is 59.8 Å². The van der Waals surface area contributed by atoms with Gasteiger partial charge in [0.2, 0.25) is 0 Å². The van der Waals surface area contributed by atoms with E-state index in [1.54, 1.807) is 31.3 Å². The molecule has 0 fully saturated rings. The van der Waals surface area contributed by atoms with Gasteiger partial charge in [0.1, 0.15) is 5.92 Å². The standard InChI is InChI=1S/C23H21F2N3O2/c1-3-23(24,25)17-6-4-5-15(11-17)12-20(29)21-14(2)27-28(22(21)30)18-8-7-16-9-10-26-19(16)13-18/h4-11,13,21,26H,3,12H2,1-2H3. The monoisotopic (exact) mass is 409 g/mol. The Labute approximate surface area is 172 Å². The first-order valence-electron chi connectivity index (χ1n) is 9.76. The average Bonchev–Trinajstić information content (AvgIpc) is 3.31. The van der Waals surface area contributed by atoms with E-state index in [4.69, 9.17) is 0 Å². The van der Waals surface area contributed by atoms with Crippen LogP contribution in [0.25, 0.3) is 10.9 Å². The number of hydrogen-bond acceptors (Lipinski definition) is 3. The number of nitrogens with zero attached hydrogens (tertiary/aromatic N) is 2. The highest BCUT2D eigenvalue weighted by Crippen LogP contribution is 2.32. The molecule has 0 bridgehead atoms. The fourth-order valence-electron chi connectivity index (χ4n) is 3.71. The lowest BCUT2D eigenvalue weighted by atomic mass is 9.92. The van der Waals surface area contributed by atoms with Crippen molar-refractivity contribution in [1.29, 1.82) is 0 Å². The van der Waals surface area contributed by atoms with E-state index in [1.807, 2.05) is 12.1 Å². The number of hydrogen-bond donors (Lipinski definition) is 1. The summed E-state index contributed by atoms with van der Waals surface area (Å²) in [4.78, 5) is 28.9. The second-order valence-corrected chi connectivity index (χ2v) is 7.48. The molecule has 1 amide bonds. The average molecular weight is 409 g/mol. The van der Waals surface area contributed by atoms with Crippen LogP contribution in [0.3, 0.4) is 0 Å². The number of fused-ring (bicyclic) bond motifs is 1. The highest BCUT2D eigenvalue weighted by Gasteiger charge is 2.39. The second-order valence-electron chi connectivity index (χ2n) is 7.48. The van der Waals surface area contributed by atoms with Crippen LogP contribution in [-0.4, -0.2) is 22.4 Å². The van der Waals surface area contributed by atoms with Crippen LogP contribution < -0.4 is 5.01 Å². The molecule has 2 heterocycles. The van der Waals surface area contributed by atoms with Crippen LogP contribution in [0.5, 0.6) is 0 Å².